The van der Waals surface area contributed by atoms with E-state index in [1.165, 1.54) is 5.57 Å². The molecule has 15 heavy (non-hydrogen) atoms. The Morgan fingerprint density at radius 1 is 1.47 bits per heavy atom. The van der Waals surface area contributed by atoms with E-state index in [1.807, 2.05) is 6.08 Å². The van der Waals surface area contributed by atoms with Crippen molar-refractivity contribution in [2.75, 3.05) is 0 Å². The molecule has 1 aliphatic heterocycles. The third-order valence-corrected chi connectivity index (χ3v) is 2.90. The van der Waals surface area contributed by atoms with Gasteiger partial charge in [-0.1, -0.05) is 33.1 Å². The highest BCUT2D eigenvalue weighted by molar-refractivity contribution is 5.36. The lowest BCUT2D eigenvalue weighted by Gasteiger charge is -2.35. The molecule has 0 spiro atoms. The number of rotatable bonds is 3. The van der Waals surface area contributed by atoms with Gasteiger partial charge in [-0.3, -0.25) is 0 Å². The van der Waals surface area contributed by atoms with Crippen molar-refractivity contribution in [1.82, 2.24) is 0 Å². The van der Waals surface area contributed by atoms with E-state index in [-0.39, 0.29) is 5.60 Å². The minimum Gasteiger partial charge on any atom is -0.487 e. The summed E-state index contributed by atoms with van der Waals surface area (Å²) in [6.45, 7) is 16.5. The molecule has 0 fully saturated rings. The molecule has 1 heteroatoms. The van der Waals surface area contributed by atoms with Crippen LogP contribution in [0.15, 0.2) is 36.1 Å². The van der Waals surface area contributed by atoms with Crippen molar-refractivity contribution in [2.45, 2.75) is 46.1 Å². The molecule has 0 atom stereocenters. The molecule has 0 aromatic carbocycles. The second kappa shape index (κ2) is 4.26. The van der Waals surface area contributed by atoms with Gasteiger partial charge in [0.25, 0.3) is 0 Å². The molecule has 1 aliphatic rings. The highest BCUT2D eigenvalue weighted by Gasteiger charge is 2.29. The van der Waals surface area contributed by atoms with Crippen molar-refractivity contribution < 1.29 is 4.74 Å². The van der Waals surface area contributed by atoms with Gasteiger partial charge >= 0.3 is 0 Å². The van der Waals surface area contributed by atoms with Gasteiger partial charge < -0.3 is 4.74 Å². The van der Waals surface area contributed by atoms with Crippen LogP contribution >= 0.6 is 0 Å². The number of ether oxygens (including phenoxy) is 1. The van der Waals surface area contributed by atoms with Crippen molar-refractivity contribution in [3.05, 3.63) is 36.1 Å². The summed E-state index contributed by atoms with van der Waals surface area (Å²) in [5.74, 6) is 1.39. The van der Waals surface area contributed by atoms with Gasteiger partial charge in [0, 0.05) is 0 Å². The van der Waals surface area contributed by atoms with E-state index in [9.17, 15) is 0 Å². The lowest BCUT2D eigenvalue weighted by Crippen LogP contribution is -2.29. The number of hydrogen-bond donors (Lipinski definition) is 0. The average molecular weight is 206 g/mol. The Bertz CT molecular complexity index is 305. The van der Waals surface area contributed by atoms with E-state index in [0.29, 0.717) is 5.92 Å². The molecule has 0 aliphatic carbocycles. The zero-order valence-electron chi connectivity index (χ0n) is 10.4. The van der Waals surface area contributed by atoms with E-state index in [1.54, 1.807) is 0 Å². The zero-order chi connectivity index (χ0) is 11.6. The lowest BCUT2D eigenvalue weighted by molar-refractivity contribution is 0.0171. The molecular weight excluding hydrogens is 184 g/mol. The Balaban J connectivity index is 3.03. The Morgan fingerprint density at radius 2 is 2.07 bits per heavy atom. The molecule has 0 aromatic rings. The fraction of sp³-hybridized carbons (Fsp3) is 0.571. The summed E-state index contributed by atoms with van der Waals surface area (Å²) in [4.78, 5) is 0. The summed E-state index contributed by atoms with van der Waals surface area (Å²) in [6, 6.07) is 0. The van der Waals surface area contributed by atoms with Crippen LogP contribution < -0.4 is 0 Å². The lowest BCUT2D eigenvalue weighted by atomic mass is 9.90. The first-order valence-corrected chi connectivity index (χ1v) is 5.61. The smallest absolute Gasteiger partial charge is 0.126 e. The highest BCUT2D eigenvalue weighted by Crippen LogP contribution is 2.36. The molecule has 0 N–H and O–H groups in total. The molecule has 1 nitrogen and oxygen atoms in total. The van der Waals surface area contributed by atoms with Crippen LogP contribution in [0.1, 0.15) is 40.5 Å². The quantitative estimate of drug-likeness (QED) is 0.671. The summed E-state index contributed by atoms with van der Waals surface area (Å²) < 4.78 is 6.01. The van der Waals surface area contributed by atoms with Crippen molar-refractivity contribution in [3.8, 4) is 0 Å². The fourth-order valence-electron chi connectivity index (χ4n) is 1.67. The van der Waals surface area contributed by atoms with Gasteiger partial charge in [0.15, 0.2) is 0 Å². The van der Waals surface area contributed by atoms with Crippen LogP contribution in [0.3, 0.4) is 0 Å². The third-order valence-electron chi connectivity index (χ3n) is 2.90. The van der Waals surface area contributed by atoms with Crippen molar-refractivity contribution in [2.24, 2.45) is 5.92 Å². The van der Waals surface area contributed by atoms with Gasteiger partial charge in [0.1, 0.15) is 11.4 Å². The van der Waals surface area contributed by atoms with Gasteiger partial charge in [0.05, 0.1) is 0 Å². The monoisotopic (exact) mass is 206 g/mol. The molecule has 84 valence electrons. The second-order valence-corrected chi connectivity index (χ2v) is 5.10. The predicted octanol–water partition coefficient (Wildman–Crippen LogP) is 4.23. The average Bonchev–Trinajstić information content (AvgIpc) is 2.15. The van der Waals surface area contributed by atoms with Gasteiger partial charge in [-0.15, -0.1) is 0 Å². The highest BCUT2D eigenvalue weighted by atomic mass is 16.5. The van der Waals surface area contributed by atoms with Gasteiger partial charge in [-0.25, -0.2) is 0 Å². The molecule has 0 saturated carbocycles. The topological polar surface area (TPSA) is 9.23 Å². The van der Waals surface area contributed by atoms with Crippen LogP contribution in [0, 0.1) is 5.92 Å². The summed E-state index contributed by atoms with van der Waals surface area (Å²) in [6.07, 6.45) is 3.99. The number of hydrogen-bond acceptors (Lipinski definition) is 1. The molecule has 0 saturated heterocycles. The van der Waals surface area contributed by atoms with E-state index < -0.39 is 0 Å². The molecule has 0 aromatic heterocycles. The molecule has 0 bridgehead atoms. The van der Waals surface area contributed by atoms with Gasteiger partial charge in [0.2, 0.25) is 0 Å². The van der Waals surface area contributed by atoms with Gasteiger partial charge in [-0.2, -0.15) is 0 Å². The first-order chi connectivity index (χ1) is 6.87. The first-order valence-electron chi connectivity index (χ1n) is 5.61. The minimum atomic E-state index is -0.0698. The first kappa shape index (κ1) is 12.1. The van der Waals surface area contributed by atoms with Crippen molar-refractivity contribution >= 4 is 0 Å². The summed E-state index contributed by atoms with van der Waals surface area (Å²) in [7, 11) is 0. The molecule has 0 amide bonds. The molecule has 0 unspecified atom stereocenters. The van der Waals surface area contributed by atoms with E-state index in [4.69, 9.17) is 4.74 Å². The molecule has 1 heterocycles. The summed E-state index contributed by atoms with van der Waals surface area (Å²) in [5, 5.41) is 0. The maximum absolute atomic E-state index is 6.01. The van der Waals surface area contributed by atoms with Crippen LogP contribution in [0.4, 0.5) is 0 Å². The normalized spacial score (nSPS) is 20.1. The standard InChI is InChI=1S/C14H22O/c1-7-12-8-9-14(5,6)15-13(12)11(4)10(2)3/h7,10H,1,4,8-9H2,2-3,5-6H3. The maximum Gasteiger partial charge on any atom is 0.126 e. The fourth-order valence-corrected chi connectivity index (χ4v) is 1.67. The number of allylic oxidation sites excluding steroid dienone is 3. The predicted molar refractivity (Wildman–Crippen MR) is 65.6 cm³/mol. The van der Waals surface area contributed by atoms with Crippen LogP contribution in [0.25, 0.3) is 0 Å². The van der Waals surface area contributed by atoms with Crippen LogP contribution in [0.5, 0.6) is 0 Å². The molecule has 0 radical (unpaired) electrons. The zero-order valence-corrected chi connectivity index (χ0v) is 10.4. The van der Waals surface area contributed by atoms with Gasteiger partial charge in [-0.05, 0) is 43.8 Å². The van der Waals surface area contributed by atoms with Crippen LogP contribution in [-0.4, -0.2) is 5.60 Å². The molecule has 1 rings (SSSR count). The van der Waals surface area contributed by atoms with Crippen molar-refractivity contribution in [1.29, 1.82) is 0 Å². The third kappa shape index (κ3) is 2.74. The Labute approximate surface area is 93.5 Å². The maximum atomic E-state index is 6.01. The van der Waals surface area contributed by atoms with E-state index in [2.05, 4.69) is 40.9 Å². The van der Waals surface area contributed by atoms with Crippen LogP contribution in [0.2, 0.25) is 0 Å². The minimum absolute atomic E-state index is 0.0698. The molecular formula is C14H22O. The van der Waals surface area contributed by atoms with E-state index in [0.717, 1.165) is 24.2 Å². The second-order valence-electron chi connectivity index (χ2n) is 5.10. The van der Waals surface area contributed by atoms with Crippen LogP contribution in [-0.2, 0) is 4.74 Å². The Hall–Kier alpha value is -0.980. The Kier molecular flexibility index (Phi) is 3.43. The summed E-state index contributed by atoms with van der Waals surface area (Å²) >= 11 is 0. The summed E-state index contributed by atoms with van der Waals surface area (Å²) in [5.41, 5.74) is 2.21. The van der Waals surface area contributed by atoms with Crippen molar-refractivity contribution in [3.63, 3.8) is 0 Å². The Morgan fingerprint density at radius 3 is 2.53 bits per heavy atom. The SMILES string of the molecule is C=CC1=C(C(=C)C(C)C)OC(C)(C)CC1. The van der Waals surface area contributed by atoms with E-state index >= 15 is 0 Å². The largest absolute Gasteiger partial charge is 0.487 e.